The molecule has 0 fully saturated rings. The second kappa shape index (κ2) is 6.56. The van der Waals surface area contributed by atoms with Crippen molar-refractivity contribution in [3.05, 3.63) is 33.1 Å². The minimum absolute atomic E-state index is 0.158. The quantitative estimate of drug-likeness (QED) is 0.361. The summed E-state index contributed by atoms with van der Waals surface area (Å²) in [6, 6.07) is 5.51. The van der Waals surface area contributed by atoms with Gasteiger partial charge < -0.3 is 13.6 Å². The molecule has 0 radical (unpaired) electrons. The molecule has 0 amide bonds. The zero-order valence-corrected chi connectivity index (χ0v) is 17.6. The van der Waals surface area contributed by atoms with Crippen LogP contribution in [-0.2, 0) is 15.8 Å². The van der Waals surface area contributed by atoms with Crippen molar-refractivity contribution in [1.82, 2.24) is 0 Å². The van der Waals surface area contributed by atoms with E-state index in [1.54, 1.807) is 12.1 Å². The predicted octanol–water partition coefficient (Wildman–Crippen LogP) is 5.35. The molecular weight excluding hydrogens is 423 g/mol. The Labute approximate surface area is 151 Å². The van der Waals surface area contributed by atoms with E-state index in [2.05, 4.69) is 56.5 Å². The summed E-state index contributed by atoms with van der Waals surface area (Å²) in [7, 11) is -0.439. The van der Waals surface area contributed by atoms with Gasteiger partial charge in [0, 0.05) is 5.39 Å². The predicted molar refractivity (Wildman–Crippen MR) is 102 cm³/mol. The van der Waals surface area contributed by atoms with Crippen LogP contribution in [0.5, 0.6) is 0 Å². The molecule has 0 N–H and O–H groups in total. The number of furan rings is 1. The van der Waals surface area contributed by atoms with E-state index in [0.717, 1.165) is 20.3 Å². The van der Waals surface area contributed by atoms with Crippen LogP contribution in [0, 0.1) is 3.57 Å². The van der Waals surface area contributed by atoms with Crippen LogP contribution < -0.4 is 0 Å². The first kappa shape index (κ1) is 18.5. The average molecular weight is 446 g/mol. The van der Waals surface area contributed by atoms with Crippen LogP contribution in [-0.4, -0.2) is 21.4 Å². The summed E-state index contributed by atoms with van der Waals surface area (Å²) in [6.45, 7) is 11.5. The molecule has 0 spiro atoms. The van der Waals surface area contributed by atoms with Gasteiger partial charge in [-0.2, -0.15) is 0 Å². The monoisotopic (exact) mass is 446 g/mol. The Balaban J connectivity index is 2.27. The fourth-order valence-corrected chi connectivity index (χ4v) is 3.63. The number of rotatable bonds is 4. The number of benzene rings is 1. The van der Waals surface area contributed by atoms with Crippen molar-refractivity contribution >= 4 is 47.8 Å². The van der Waals surface area contributed by atoms with Gasteiger partial charge in [0.2, 0.25) is 0 Å². The highest BCUT2D eigenvalue weighted by Gasteiger charge is 2.37. The van der Waals surface area contributed by atoms with Gasteiger partial charge in [-0.05, 0) is 58.9 Å². The van der Waals surface area contributed by atoms with Crippen molar-refractivity contribution in [3.8, 4) is 0 Å². The van der Waals surface area contributed by atoms with E-state index in [-0.39, 0.29) is 11.0 Å². The molecular formula is C17H23IO4Si. The number of carbonyl (C=O) groups excluding carboxylic acids is 1. The van der Waals surface area contributed by atoms with E-state index in [1.807, 2.05) is 6.07 Å². The third kappa shape index (κ3) is 3.97. The fourth-order valence-electron chi connectivity index (χ4n) is 1.94. The maximum Gasteiger partial charge on any atom is 0.337 e. The lowest BCUT2D eigenvalue weighted by atomic mass is 10.1. The molecule has 0 unspecified atom stereocenters. The Morgan fingerprint density at radius 3 is 2.48 bits per heavy atom. The Morgan fingerprint density at radius 1 is 1.26 bits per heavy atom. The fraction of sp³-hybridized carbons (Fsp3) is 0.471. The van der Waals surface area contributed by atoms with Gasteiger partial charge in [0.1, 0.15) is 11.3 Å². The molecule has 0 bridgehead atoms. The van der Waals surface area contributed by atoms with Crippen LogP contribution in [0.2, 0.25) is 18.1 Å². The Bertz CT molecular complexity index is 728. The number of carbonyl (C=O) groups is 1. The SMILES string of the molecule is COC(=O)c1cc(I)c2oc(CO[Si](C)(C)C(C)(C)C)cc2c1. The topological polar surface area (TPSA) is 48.7 Å². The van der Waals surface area contributed by atoms with E-state index in [9.17, 15) is 4.79 Å². The highest BCUT2D eigenvalue weighted by Crippen LogP contribution is 2.37. The highest BCUT2D eigenvalue weighted by molar-refractivity contribution is 14.1. The first-order chi connectivity index (χ1) is 10.5. The summed E-state index contributed by atoms with van der Waals surface area (Å²) in [5.74, 6) is 0.440. The van der Waals surface area contributed by atoms with Crippen molar-refractivity contribution in [1.29, 1.82) is 0 Å². The molecule has 0 saturated heterocycles. The normalized spacial score (nSPS) is 12.7. The van der Waals surface area contributed by atoms with Crippen molar-refractivity contribution in [2.24, 2.45) is 0 Å². The van der Waals surface area contributed by atoms with Crippen LogP contribution in [0.3, 0.4) is 0 Å². The summed E-state index contributed by atoms with van der Waals surface area (Å²) >= 11 is 2.17. The minimum atomic E-state index is -1.82. The maximum absolute atomic E-state index is 11.7. The van der Waals surface area contributed by atoms with Crippen LogP contribution in [0.25, 0.3) is 11.0 Å². The van der Waals surface area contributed by atoms with Gasteiger partial charge in [0.05, 0.1) is 22.9 Å². The minimum Gasteiger partial charge on any atom is -0.465 e. The van der Waals surface area contributed by atoms with Gasteiger partial charge in [0.25, 0.3) is 0 Å². The van der Waals surface area contributed by atoms with Gasteiger partial charge in [-0.3, -0.25) is 0 Å². The van der Waals surface area contributed by atoms with Crippen LogP contribution in [0.4, 0.5) is 0 Å². The van der Waals surface area contributed by atoms with Crippen LogP contribution in [0.15, 0.2) is 22.6 Å². The molecule has 6 heteroatoms. The van der Waals surface area contributed by atoms with E-state index < -0.39 is 8.32 Å². The smallest absolute Gasteiger partial charge is 0.337 e. The molecule has 0 aliphatic heterocycles. The van der Waals surface area contributed by atoms with Crippen molar-refractivity contribution < 1.29 is 18.4 Å². The second-order valence-corrected chi connectivity index (χ2v) is 13.1. The van der Waals surface area contributed by atoms with Crippen molar-refractivity contribution in [3.63, 3.8) is 0 Å². The standard InChI is InChI=1S/C17H23IO4Si/c1-17(2,3)23(5,6)21-10-13-8-11-7-12(16(19)20-4)9-14(18)15(11)22-13/h7-9H,10H2,1-6H3. The maximum atomic E-state index is 11.7. The number of ether oxygens (including phenoxy) is 1. The third-order valence-corrected chi connectivity index (χ3v) is 9.70. The van der Waals surface area contributed by atoms with Crippen LogP contribution in [0.1, 0.15) is 36.9 Å². The van der Waals surface area contributed by atoms with Gasteiger partial charge in [0.15, 0.2) is 8.32 Å². The Hall–Kier alpha value is -0.863. The Kier molecular flexibility index (Phi) is 5.27. The first-order valence-corrected chi connectivity index (χ1v) is 11.5. The lowest BCUT2D eigenvalue weighted by Crippen LogP contribution is -2.40. The van der Waals surface area contributed by atoms with Gasteiger partial charge in [-0.1, -0.05) is 20.8 Å². The number of fused-ring (bicyclic) bond motifs is 1. The van der Waals surface area contributed by atoms with Crippen molar-refractivity contribution in [2.45, 2.75) is 45.5 Å². The molecule has 1 aromatic heterocycles. The van der Waals surface area contributed by atoms with E-state index in [4.69, 9.17) is 13.6 Å². The van der Waals surface area contributed by atoms with Crippen LogP contribution >= 0.6 is 22.6 Å². The lowest BCUT2D eigenvalue weighted by Gasteiger charge is -2.35. The zero-order valence-electron chi connectivity index (χ0n) is 14.5. The molecule has 2 rings (SSSR count). The summed E-state index contributed by atoms with van der Waals surface area (Å²) < 4.78 is 17.8. The largest absolute Gasteiger partial charge is 0.465 e. The first-order valence-electron chi connectivity index (χ1n) is 7.49. The molecule has 0 aliphatic rings. The molecule has 0 saturated carbocycles. The molecule has 2 aromatic rings. The molecule has 1 heterocycles. The highest BCUT2D eigenvalue weighted by atomic mass is 127. The summed E-state index contributed by atoms with van der Waals surface area (Å²) in [5.41, 5.74) is 1.31. The summed E-state index contributed by atoms with van der Waals surface area (Å²) in [6.07, 6.45) is 0. The number of hydrogen-bond donors (Lipinski definition) is 0. The Morgan fingerprint density at radius 2 is 1.91 bits per heavy atom. The van der Waals surface area contributed by atoms with E-state index in [0.29, 0.717) is 12.2 Å². The lowest BCUT2D eigenvalue weighted by molar-refractivity contribution is 0.0601. The molecule has 23 heavy (non-hydrogen) atoms. The van der Waals surface area contributed by atoms with E-state index in [1.165, 1.54) is 7.11 Å². The zero-order chi connectivity index (χ0) is 17.4. The average Bonchev–Trinajstić information content (AvgIpc) is 2.86. The molecule has 0 atom stereocenters. The number of methoxy groups -OCH3 is 1. The van der Waals surface area contributed by atoms with Gasteiger partial charge in [-0.15, -0.1) is 0 Å². The number of hydrogen-bond acceptors (Lipinski definition) is 4. The van der Waals surface area contributed by atoms with Crippen molar-refractivity contribution in [2.75, 3.05) is 7.11 Å². The third-order valence-electron chi connectivity index (χ3n) is 4.42. The summed E-state index contributed by atoms with van der Waals surface area (Å²) in [5, 5.41) is 1.05. The molecule has 1 aromatic carbocycles. The second-order valence-electron chi connectivity index (χ2n) is 7.13. The molecule has 4 nitrogen and oxygen atoms in total. The van der Waals surface area contributed by atoms with Gasteiger partial charge >= 0.3 is 5.97 Å². The number of esters is 1. The van der Waals surface area contributed by atoms with Gasteiger partial charge in [-0.25, -0.2) is 4.79 Å². The number of halogens is 1. The molecule has 126 valence electrons. The molecule has 0 aliphatic carbocycles. The summed E-state index contributed by atoms with van der Waals surface area (Å²) in [4.78, 5) is 11.7. The van der Waals surface area contributed by atoms with E-state index >= 15 is 0 Å².